The Hall–Kier alpha value is 0.170. The van der Waals surface area contributed by atoms with Gasteiger partial charge in [-0.2, -0.15) is 0 Å². The standard InChI is InChI=1S/C10H18ClFO2S/c11-15(13,14)8-10(12)7-9-5-3-1-2-4-6-9/h9-10H,1-8H2. The topological polar surface area (TPSA) is 34.1 Å². The molecular weight excluding hydrogens is 239 g/mol. The van der Waals surface area contributed by atoms with Gasteiger partial charge in [0.05, 0.1) is 5.75 Å². The van der Waals surface area contributed by atoms with Crippen molar-refractivity contribution in [1.29, 1.82) is 0 Å². The first-order chi connectivity index (χ1) is 6.97. The summed E-state index contributed by atoms with van der Waals surface area (Å²) in [5.74, 6) is -0.189. The smallest absolute Gasteiger partial charge is 0.235 e. The van der Waals surface area contributed by atoms with Crippen molar-refractivity contribution in [2.24, 2.45) is 5.92 Å². The summed E-state index contributed by atoms with van der Waals surface area (Å²) in [6.07, 6.45) is 5.85. The van der Waals surface area contributed by atoms with Crippen LogP contribution in [-0.2, 0) is 9.05 Å². The lowest BCUT2D eigenvalue weighted by molar-refractivity contribution is 0.275. The highest BCUT2D eigenvalue weighted by Crippen LogP contribution is 2.27. The monoisotopic (exact) mass is 256 g/mol. The Bertz CT molecular complexity index is 271. The minimum atomic E-state index is -3.69. The summed E-state index contributed by atoms with van der Waals surface area (Å²) in [5, 5.41) is 0. The molecule has 0 aromatic heterocycles. The molecule has 1 fully saturated rings. The zero-order valence-corrected chi connectivity index (χ0v) is 10.4. The molecule has 0 radical (unpaired) electrons. The van der Waals surface area contributed by atoms with E-state index in [4.69, 9.17) is 10.7 Å². The van der Waals surface area contributed by atoms with Gasteiger partial charge < -0.3 is 0 Å². The fraction of sp³-hybridized carbons (Fsp3) is 1.00. The van der Waals surface area contributed by atoms with Crippen molar-refractivity contribution >= 4 is 19.7 Å². The predicted octanol–water partition coefficient (Wildman–Crippen LogP) is 3.25. The SMILES string of the molecule is O=S(=O)(Cl)CC(F)CC1CCCCCC1. The molecule has 5 heteroatoms. The van der Waals surface area contributed by atoms with Crippen molar-refractivity contribution in [2.45, 2.75) is 51.1 Å². The molecule has 15 heavy (non-hydrogen) atoms. The van der Waals surface area contributed by atoms with Crippen molar-refractivity contribution < 1.29 is 12.8 Å². The molecule has 90 valence electrons. The van der Waals surface area contributed by atoms with Gasteiger partial charge in [-0.25, -0.2) is 12.8 Å². The van der Waals surface area contributed by atoms with E-state index in [-0.39, 0.29) is 0 Å². The minimum absolute atomic E-state index is 0.348. The Kier molecular flexibility index (Phi) is 5.33. The summed E-state index contributed by atoms with van der Waals surface area (Å²) in [4.78, 5) is 0. The van der Waals surface area contributed by atoms with E-state index in [9.17, 15) is 12.8 Å². The molecule has 2 nitrogen and oxygen atoms in total. The van der Waals surface area contributed by atoms with Gasteiger partial charge in [-0.3, -0.25) is 0 Å². The fourth-order valence-electron chi connectivity index (χ4n) is 2.25. The molecule has 0 aromatic rings. The van der Waals surface area contributed by atoms with Crippen LogP contribution in [0.4, 0.5) is 4.39 Å². The van der Waals surface area contributed by atoms with Gasteiger partial charge in [-0.1, -0.05) is 38.5 Å². The maximum atomic E-state index is 13.4. The van der Waals surface area contributed by atoms with Gasteiger partial charge in [0.1, 0.15) is 6.17 Å². The first-order valence-electron chi connectivity index (χ1n) is 5.54. The molecule has 0 saturated heterocycles. The molecule has 0 spiro atoms. The summed E-state index contributed by atoms with van der Waals surface area (Å²) >= 11 is 0. The first kappa shape index (κ1) is 13.2. The molecule has 0 heterocycles. The lowest BCUT2D eigenvalue weighted by Gasteiger charge is -2.15. The Balaban J connectivity index is 2.32. The third kappa shape index (κ3) is 6.36. The second kappa shape index (κ2) is 6.04. The van der Waals surface area contributed by atoms with E-state index >= 15 is 0 Å². The molecule has 1 unspecified atom stereocenters. The van der Waals surface area contributed by atoms with Gasteiger partial charge in [0, 0.05) is 10.7 Å². The summed E-state index contributed by atoms with van der Waals surface area (Å²) in [6.45, 7) is 0. The van der Waals surface area contributed by atoms with Crippen molar-refractivity contribution in [3.05, 3.63) is 0 Å². The van der Waals surface area contributed by atoms with Crippen LogP contribution in [0.5, 0.6) is 0 Å². The highest BCUT2D eigenvalue weighted by atomic mass is 35.7. The average Bonchev–Trinajstić information content (AvgIpc) is 2.28. The van der Waals surface area contributed by atoms with Crippen LogP contribution in [-0.4, -0.2) is 20.3 Å². The van der Waals surface area contributed by atoms with Crippen molar-refractivity contribution in [3.63, 3.8) is 0 Å². The second-order valence-electron chi connectivity index (χ2n) is 4.40. The van der Waals surface area contributed by atoms with Crippen LogP contribution in [0.25, 0.3) is 0 Å². The number of hydrogen-bond acceptors (Lipinski definition) is 2. The van der Waals surface area contributed by atoms with E-state index in [1.54, 1.807) is 0 Å². The average molecular weight is 257 g/mol. The third-order valence-electron chi connectivity index (χ3n) is 2.94. The summed E-state index contributed by atoms with van der Waals surface area (Å²) in [7, 11) is 1.32. The number of halogens is 2. The van der Waals surface area contributed by atoms with Gasteiger partial charge in [-0.15, -0.1) is 0 Å². The molecule has 1 saturated carbocycles. The van der Waals surface area contributed by atoms with Crippen molar-refractivity contribution in [2.75, 3.05) is 5.75 Å². The Labute approximate surface area is 95.6 Å². The normalized spacial score (nSPS) is 22.3. The highest BCUT2D eigenvalue weighted by Gasteiger charge is 2.21. The summed E-state index contributed by atoms with van der Waals surface area (Å²) in [5.41, 5.74) is 0. The van der Waals surface area contributed by atoms with Gasteiger partial charge in [0.15, 0.2) is 0 Å². The molecule has 0 aliphatic heterocycles. The Morgan fingerprint density at radius 1 is 1.20 bits per heavy atom. The van der Waals surface area contributed by atoms with Crippen LogP contribution in [0, 0.1) is 5.92 Å². The number of rotatable bonds is 4. The van der Waals surface area contributed by atoms with Crippen LogP contribution in [0.15, 0.2) is 0 Å². The van der Waals surface area contributed by atoms with Gasteiger partial charge >= 0.3 is 0 Å². The maximum absolute atomic E-state index is 13.4. The first-order valence-corrected chi connectivity index (χ1v) is 8.01. The van der Waals surface area contributed by atoms with E-state index in [0.29, 0.717) is 12.3 Å². The highest BCUT2D eigenvalue weighted by molar-refractivity contribution is 8.13. The molecule has 1 aliphatic rings. The van der Waals surface area contributed by atoms with Crippen LogP contribution in [0.2, 0.25) is 0 Å². The van der Waals surface area contributed by atoms with Crippen molar-refractivity contribution in [1.82, 2.24) is 0 Å². The molecule has 0 amide bonds. The lowest BCUT2D eigenvalue weighted by atomic mass is 9.95. The van der Waals surface area contributed by atoms with Crippen LogP contribution < -0.4 is 0 Å². The Morgan fingerprint density at radius 2 is 1.73 bits per heavy atom. The largest absolute Gasteiger partial charge is 0.246 e. The summed E-state index contributed by atoms with van der Waals surface area (Å²) < 4.78 is 34.7. The molecule has 1 rings (SSSR count). The van der Waals surface area contributed by atoms with E-state index in [0.717, 1.165) is 25.7 Å². The fourth-order valence-corrected chi connectivity index (χ4v) is 3.22. The van der Waals surface area contributed by atoms with Gasteiger partial charge in [0.2, 0.25) is 9.05 Å². The molecule has 1 atom stereocenters. The van der Waals surface area contributed by atoms with Gasteiger partial charge in [0.25, 0.3) is 0 Å². The summed E-state index contributed by atoms with van der Waals surface area (Å²) in [6, 6.07) is 0. The molecule has 0 aromatic carbocycles. The molecular formula is C10H18ClFO2S. The third-order valence-corrected chi connectivity index (χ3v) is 4.08. The van der Waals surface area contributed by atoms with Crippen LogP contribution in [0.1, 0.15) is 44.9 Å². The molecule has 1 aliphatic carbocycles. The maximum Gasteiger partial charge on any atom is 0.235 e. The lowest BCUT2D eigenvalue weighted by Crippen LogP contribution is -2.17. The molecule has 0 bridgehead atoms. The van der Waals surface area contributed by atoms with Gasteiger partial charge in [-0.05, 0) is 12.3 Å². The second-order valence-corrected chi connectivity index (χ2v) is 7.22. The van der Waals surface area contributed by atoms with Crippen LogP contribution >= 0.6 is 10.7 Å². The Morgan fingerprint density at radius 3 is 2.20 bits per heavy atom. The van der Waals surface area contributed by atoms with E-state index in [2.05, 4.69) is 0 Å². The van der Waals surface area contributed by atoms with E-state index in [1.165, 1.54) is 12.8 Å². The van der Waals surface area contributed by atoms with E-state index < -0.39 is 21.0 Å². The van der Waals surface area contributed by atoms with E-state index in [1.807, 2.05) is 0 Å². The number of hydrogen-bond donors (Lipinski definition) is 0. The van der Waals surface area contributed by atoms with Crippen LogP contribution in [0.3, 0.4) is 0 Å². The zero-order chi connectivity index (χ0) is 11.3. The zero-order valence-electron chi connectivity index (χ0n) is 8.79. The van der Waals surface area contributed by atoms with Crippen molar-refractivity contribution in [3.8, 4) is 0 Å². The number of alkyl halides is 1. The predicted molar refractivity (Wildman–Crippen MR) is 60.3 cm³/mol. The minimum Gasteiger partial charge on any atom is -0.246 e. The quantitative estimate of drug-likeness (QED) is 0.572. The molecule has 0 N–H and O–H groups in total.